The second-order valence-electron chi connectivity index (χ2n) is 7.88. The van der Waals surface area contributed by atoms with Crippen LogP contribution in [0.2, 0.25) is 0 Å². The molecule has 1 saturated heterocycles. The maximum absolute atomic E-state index is 10.5. The molecule has 5 atom stereocenters. The Balaban J connectivity index is 1.94. The minimum absolute atomic E-state index is 0.304. The Morgan fingerprint density at radius 1 is 1.00 bits per heavy atom. The van der Waals surface area contributed by atoms with Crippen LogP contribution in [0.4, 0.5) is 0 Å². The SMILES string of the molecule is C#Cc1ccc(Cc2cc([C@@H]3OC(CO)[C@@H](O)[C@H](O)[C@H]3O)ccc2C(C)C)cc1. The molecule has 0 saturated carbocycles. The summed E-state index contributed by atoms with van der Waals surface area (Å²) in [5.41, 5.74) is 4.90. The zero-order valence-electron chi connectivity index (χ0n) is 16.7. The summed E-state index contributed by atoms with van der Waals surface area (Å²) in [6, 6.07) is 13.7. The second kappa shape index (κ2) is 9.08. The van der Waals surface area contributed by atoms with Crippen molar-refractivity contribution in [3.05, 3.63) is 70.3 Å². The van der Waals surface area contributed by atoms with E-state index >= 15 is 0 Å². The zero-order chi connectivity index (χ0) is 21.1. The molecule has 1 aliphatic rings. The van der Waals surface area contributed by atoms with Crippen LogP contribution in [0.15, 0.2) is 42.5 Å². The fraction of sp³-hybridized carbons (Fsp3) is 0.417. The number of hydrogen-bond donors (Lipinski definition) is 4. The van der Waals surface area contributed by atoms with Gasteiger partial charge in [0.2, 0.25) is 0 Å². The fourth-order valence-electron chi connectivity index (χ4n) is 3.83. The third kappa shape index (κ3) is 4.53. The second-order valence-corrected chi connectivity index (χ2v) is 7.88. The van der Waals surface area contributed by atoms with E-state index in [4.69, 9.17) is 11.2 Å². The van der Waals surface area contributed by atoms with E-state index in [-0.39, 0.29) is 0 Å². The minimum atomic E-state index is -1.39. The van der Waals surface area contributed by atoms with Crippen LogP contribution in [0.3, 0.4) is 0 Å². The molecule has 29 heavy (non-hydrogen) atoms. The van der Waals surface area contributed by atoms with E-state index in [0.717, 1.165) is 16.7 Å². The molecule has 0 aliphatic carbocycles. The average Bonchev–Trinajstić information content (AvgIpc) is 2.72. The molecule has 1 aliphatic heterocycles. The van der Waals surface area contributed by atoms with Crippen molar-refractivity contribution in [2.24, 2.45) is 0 Å². The number of aliphatic hydroxyl groups is 4. The number of ether oxygens (including phenoxy) is 1. The van der Waals surface area contributed by atoms with Crippen molar-refractivity contribution in [1.82, 2.24) is 0 Å². The highest BCUT2D eigenvalue weighted by Gasteiger charge is 2.44. The molecule has 4 N–H and O–H groups in total. The van der Waals surface area contributed by atoms with Gasteiger partial charge < -0.3 is 25.2 Å². The molecule has 0 amide bonds. The maximum atomic E-state index is 10.5. The molecule has 1 fully saturated rings. The normalized spacial score (nSPS) is 27.0. The predicted molar refractivity (Wildman–Crippen MR) is 110 cm³/mol. The van der Waals surface area contributed by atoms with E-state index in [0.29, 0.717) is 17.9 Å². The van der Waals surface area contributed by atoms with E-state index in [1.54, 1.807) is 0 Å². The smallest absolute Gasteiger partial charge is 0.113 e. The molecule has 1 heterocycles. The first kappa shape index (κ1) is 21.5. The number of aliphatic hydroxyl groups excluding tert-OH is 4. The number of benzene rings is 2. The largest absolute Gasteiger partial charge is 0.394 e. The molecule has 1 unspecified atom stereocenters. The lowest BCUT2D eigenvalue weighted by atomic mass is 9.86. The van der Waals surface area contributed by atoms with Crippen LogP contribution in [0.1, 0.15) is 53.7 Å². The Labute approximate surface area is 171 Å². The van der Waals surface area contributed by atoms with Gasteiger partial charge in [-0.2, -0.15) is 0 Å². The molecule has 0 aromatic heterocycles. The van der Waals surface area contributed by atoms with Crippen LogP contribution >= 0.6 is 0 Å². The molecule has 5 nitrogen and oxygen atoms in total. The third-order valence-corrected chi connectivity index (χ3v) is 5.53. The van der Waals surface area contributed by atoms with E-state index in [2.05, 4.69) is 19.8 Å². The lowest BCUT2D eigenvalue weighted by Crippen LogP contribution is -2.55. The van der Waals surface area contributed by atoms with Crippen LogP contribution in [0, 0.1) is 12.3 Å². The van der Waals surface area contributed by atoms with Gasteiger partial charge in [-0.05, 0) is 46.7 Å². The van der Waals surface area contributed by atoms with Gasteiger partial charge in [0.1, 0.15) is 30.5 Å². The van der Waals surface area contributed by atoms with Gasteiger partial charge in [0.05, 0.1) is 6.61 Å². The van der Waals surface area contributed by atoms with Crippen molar-refractivity contribution < 1.29 is 25.2 Å². The summed E-state index contributed by atoms with van der Waals surface area (Å²) in [4.78, 5) is 0. The Hall–Kier alpha value is -2.20. The van der Waals surface area contributed by atoms with Gasteiger partial charge in [-0.25, -0.2) is 0 Å². The highest BCUT2D eigenvalue weighted by molar-refractivity contribution is 5.41. The zero-order valence-corrected chi connectivity index (χ0v) is 16.7. The molecule has 3 rings (SSSR count). The van der Waals surface area contributed by atoms with Crippen molar-refractivity contribution in [2.75, 3.05) is 6.61 Å². The van der Waals surface area contributed by atoms with Gasteiger partial charge in [-0.3, -0.25) is 0 Å². The van der Waals surface area contributed by atoms with E-state index in [9.17, 15) is 20.4 Å². The summed E-state index contributed by atoms with van der Waals surface area (Å²) in [5.74, 6) is 2.92. The van der Waals surface area contributed by atoms with E-state index in [1.807, 2.05) is 42.5 Å². The molecule has 0 bridgehead atoms. The van der Waals surface area contributed by atoms with Crippen LogP contribution in [-0.4, -0.2) is 51.4 Å². The summed E-state index contributed by atoms with van der Waals surface area (Å²) in [5, 5.41) is 40.0. The van der Waals surface area contributed by atoms with E-state index < -0.39 is 37.1 Å². The van der Waals surface area contributed by atoms with Crippen LogP contribution in [0.5, 0.6) is 0 Å². The Morgan fingerprint density at radius 2 is 1.69 bits per heavy atom. The molecule has 2 aromatic rings. The van der Waals surface area contributed by atoms with Crippen LogP contribution < -0.4 is 0 Å². The first-order chi connectivity index (χ1) is 13.8. The van der Waals surface area contributed by atoms with Gasteiger partial charge in [0.25, 0.3) is 0 Å². The molecule has 0 radical (unpaired) electrons. The van der Waals surface area contributed by atoms with Crippen molar-refractivity contribution in [2.45, 2.75) is 56.7 Å². The lowest BCUT2D eigenvalue weighted by Gasteiger charge is -2.40. The third-order valence-electron chi connectivity index (χ3n) is 5.53. The monoisotopic (exact) mass is 396 g/mol. The van der Waals surface area contributed by atoms with Crippen molar-refractivity contribution in [3.63, 3.8) is 0 Å². The summed E-state index contributed by atoms with van der Waals surface area (Å²) < 4.78 is 5.72. The van der Waals surface area contributed by atoms with Gasteiger partial charge in [-0.15, -0.1) is 6.42 Å². The van der Waals surface area contributed by atoms with Crippen molar-refractivity contribution in [1.29, 1.82) is 0 Å². The number of hydrogen-bond acceptors (Lipinski definition) is 5. The van der Waals surface area contributed by atoms with E-state index in [1.165, 1.54) is 5.56 Å². The summed E-state index contributed by atoms with van der Waals surface area (Å²) in [6.45, 7) is 3.79. The fourth-order valence-corrected chi connectivity index (χ4v) is 3.83. The summed E-state index contributed by atoms with van der Waals surface area (Å²) in [7, 11) is 0. The summed E-state index contributed by atoms with van der Waals surface area (Å²) >= 11 is 0. The highest BCUT2D eigenvalue weighted by Crippen LogP contribution is 2.34. The van der Waals surface area contributed by atoms with Gasteiger partial charge in [0, 0.05) is 5.56 Å². The first-order valence-electron chi connectivity index (χ1n) is 9.84. The number of terminal acetylenes is 1. The topological polar surface area (TPSA) is 90.2 Å². The van der Waals surface area contributed by atoms with Crippen LogP contribution in [0.25, 0.3) is 0 Å². The Bertz CT molecular complexity index is 866. The standard InChI is InChI=1S/C24H28O5/c1-4-15-5-7-16(8-6-15)11-18-12-17(9-10-19(18)14(2)3)24-23(28)22(27)21(26)20(13-25)29-24/h1,5-10,12,14,20-28H,11,13H2,2-3H3/t20?,21-,22+,23-,24+/m1/s1. The van der Waals surface area contributed by atoms with Gasteiger partial charge >= 0.3 is 0 Å². The van der Waals surface area contributed by atoms with Gasteiger partial charge in [-0.1, -0.05) is 50.1 Å². The number of rotatable bonds is 5. The van der Waals surface area contributed by atoms with Crippen LogP contribution in [-0.2, 0) is 11.2 Å². The van der Waals surface area contributed by atoms with Gasteiger partial charge in [0.15, 0.2) is 0 Å². The Morgan fingerprint density at radius 3 is 2.28 bits per heavy atom. The molecule has 0 spiro atoms. The Kier molecular flexibility index (Phi) is 6.74. The molecule has 5 heteroatoms. The maximum Gasteiger partial charge on any atom is 0.113 e. The average molecular weight is 396 g/mol. The van der Waals surface area contributed by atoms with Crippen molar-refractivity contribution >= 4 is 0 Å². The lowest BCUT2D eigenvalue weighted by molar-refractivity contribution is -0.231. The highest BCUT2D eigenvalue weighted by atomic mass is 16.5. The minimum Gasteiger partial charge on any atom is -0.394 e. The predicted octanol–water partition coefficient (Wildman–Crippen LogP) is 1.90. The molecular weight excluding hydrogens is 368 g/mol. The first-order valence-corrected chi connectivity index (χ1v) is 9.84. The molecule has 2 aromatic carbocycles. The molecule has 154 valence electrons. The quantitative estimate of drug-likeness (QED) is 0.580. The molecular formula is C24H28O5. The van der Waals surface area contributed by atoms with Crippen molar-refractivity contribution in [3.8, 4) is 12.3 Å². The summed E-state index contributed by atoms with van der Waals surface area (Å²) in [6.07, 6.45) is 0.300.